The van der Waals surface area contributed by atoms with Gasteiger partial charge >= 0.3 is 5.97 Å². The first-order valence-electron chi connectivity index (χ1n) is 12.4. The lowest BCUT2D eigenvalue weighted by molar-refractivity contribution is 0.0697. The van der Waals surface area contributed by atoms with E-state index in [2.05, 4.69) is 59.2 Å². The molecule has 1 N–H and O–H groups in total. The zero-order chi connectivity index (χ0) is 25.9. The minimum Gasteiger partial charge on any atom is -0.496 e. The summed E-state index contributed by atoms with van der Waals surface area (Å²) in [6, 6.07) is 10.5. The van der Waals surface area contributed by atoms with Gasteiger partial charge in [0.25, 0.3) is 0 Å². The molecule has 1 aromatic heterocycles. The van der Waals surface area contributed by atoms with Crippen molar-refractivity contribution in [2.75, 3.05) is 38.2 Å². The van der Waals surface area contributed by atoms with Gasteiger partial charge in [0.2, 0.25) is 0 Å². The highest BCUT2D eigenvalue weighted by Gasteiger charge is 2.21. The Balaban J connectivity index is 0.000000338. The first-order valence-corrected chi connectivity index (χ1v) is 13.3. The van der Waals surface area contributed by atoms with Crippen LogP contribution in [0.25, 0.3) is 6.08 Å². The molecule has 36 heavy (non-hydrogen) atoms. The van der Waals surface area contributed by atoms with Gasteiger partial charge in [0, 0.05) is 49.9 Å². The van der Waals surface area contributed by atoms with Crippen LogP contribution in [-0.4, -0.2) is 54.2 Å². The van der Waals surface area contributed by atoms with E-state index in [1.54, 1.807) is 48.8 Å². The summed E-state index contributed by atoms with van der Waals surface area (Å²) in [6.45, 7) is 11.7. The molecule has 0 amide bonds. The summed E-state index contributed by atoms with van der Waals surface area (Å²) in [5.41, 5.74) is 5.63. The fourth-order valence-electron chi connectivity index (χ4n) is 4.18. The summed E-state index contributed by atoms with van der Waals surface area (Å²) in [6.07, 6.45) is 8.77. The quantitative estimate of drug-likeness (QED) is 0.387. The molecule has 0 radical (unpaired) electrons. The van der Waals surface area contributed by atoms with Gasteiger partial charge in [-0.25, -0.2) is 9.78 Å². The molecule has 1 fully saturated rings. The molecule has 2 heterocycles. The molecule has 7 heteroatoms. The number of unbranched alkanes of at least 4 members (excludes halogenated alkanes) is 1. The van der Waals surface area contributed by atoms with Crippen molar-refractivity contribution in [3.63, 3.8) is 0 Å². The highest BCUT2D eigenvalue weighted by Crippen LogP contribution is 2.31. The van der Waals surface area contributed by atoms with Gasteiger partial charge in [-0.05, 0) is 55.2 Å². The van der Waals surface area contributed by atoms with Gasteiger partial charge in [-0.1, -0.05) is 43.7 Å². The largest absolute Gasteiger partial charge is 0.496 e. The van der Waals surface area contributed by atoms with Gasteiger partial charge < -0.3 is 14.7 Å². The highest BCUT2D eigenvalue weighted by atomic mass is 32.1. The molecule has 192 valence electrons. The van der Waals surface area contributed by atoms with Crippen LogP contribution in [-0.2, 0) is 6.54 Å². The molecule has 0 spiro atoms. The third-order valence-corrected chi connectivity index (χ3v) is 7.22. The lowest BCUT2D eigenvalue weighted by atomic mass is 9.95. The number of piperazine rings is 1. The molecule has 0 aliphatic carbocycles. The van der Waals surface area contributed by atoms with Crippen LogP contribution in [0.5, 0.6) is 5.75 Å². The number of nitrogens with zero attached hydrogens (tertiary/aromatic N) is 3. The maximum atomic E-state index is 10.2. The first-order chi connectivity index (χ1) is 17.4. The number of methoxy groups -OCH3 is 1. The monoisotopic (exact) mass is 507 g/mol. The van der Waals surface area contributed by atoms with Gasteiger partial charge in [-0.3, -0.25) is 4.90 Å². The van der Waals surface area contributed by atoms with Crippen molar-refractivity contribution in [1.82, 2.24) is 9.88 Å². The topological polar surface area (TPSA) is 65.9 Å². The van der Waals surface area contributed by atoms with Crippen molar-refractivity contribution in [1.29, 1.82) is 0 Å². The van der Waals surface area contributed by atoms with E-state index >= 15 is 0 Å². The molecule has 0 saturated carbocycles. The van der Waals surface area contributed by atoms with Crippen molar-refractivity contribution < 1.29 is 14.6 Å². The fourth-order valence-corrected chi connectivity index (χ4v) is 4.87. The van der Waals surface area contributed by atoms with Crippen molar-refractivity contribution >= 4 is 28.5 Å². The van der Waals surface area contributed by atoms with Crippen LogP contribution in [0.4, 0.5) is 5.13 Å². The van der Waals surface area contributed by atoms with Crippen LogP contribution in [0.1, 0.15) is 52.4 Å². The third-order valence-electron chi connectivity index (χ3n) is 6.39. The van der Waals surface area contributed by atoms with Crippen LogP contribution in [0, 0.1) is 13.8 Å². The standard InChI is InChI=1S/C22H31N3OS.C7H6O2/c1-5-6-7-8-19-18(3)17(2)15-21(26-4)20(19)16-24-10-12-25(13-11-24)22-23-9-14-27-22;8-7(9)6-4-2-1-3-5-6/h7-9,14-15H,5-6,10-13,16H2,1-4H3;1-5H,(H,8,9)/b8-7-;. The zero-order valence-electron chi connectivity index (χ0n) is 21.7. The number of thiazole rings is 1. The number of aromatic carboxylic acids is 1. The Hall–Kier alpha value is -3.16. The smallest absolute Gasteiger partial charge is 0.335 e. The van der Waals surface area contributed by atoms with Crippen molar-refractivity contribution in [2.45, 2.75) is 40.2 Å². The summed E-state index contributed by atoms with van der Waals surface area (Å²) in [7, 11) is 1.79. The molecule has 4 rings (SSSR count). The summed E-state index contributed by atoms with van der Waals surface area (Å²) in [4.78, 5) is 19.6. The molecular weight excluding hydrogens is 470 g/mol. The Labute approximate surface area is 218 Å². The maximum Gasteiger partial charge on any atom is 0.335 e. The molecular formula is C29H37N3O3S. The van der Waals surface area contributed by atoms with Gasteiger partial charge in [-0.15, -0.1) is 11.3 Å². The van der Waals surface area contributed by atoms with Crippen LogP contribution in [0.2, 0.25) is 0 Å². The Morgan fingerprint density at radius 2 is 1.89 bits per heavy atom. The van der Waals surface area contributed by atoms with Crippen LogP contribution in [0.15, 0.2) is 54.1 Å². The normalized spacial score (nSPS) is 13.9. The number of anilines is 1. The summed E-state index contributed by atoms with van der Waals surface area (Å²) < 4.78 is 5.77. The average molecular weight is 508 g/mol. The van der Waals surface area contributed by atoms with Crippen LogP contribution >= 0.6 is 11.3 Å². The molecule has 1 aliphatic heterocycles. The first kappa shape index (κ1) is 27.4. The predicted octanol–water partition coefficient (Wildman–Crippen LogP) is 6.29. The Morgan fingerprint density at radius 3 is 2.44 bits per heavy atom. The molecule has 0 atom stereocenters. The molecule has 6 nitrogen and oxygen atoms in total. The van der Waals surface area contributed by atoms with E-state index in [4.69, 9.17) is 9.84 Å². The number of hydrogen-bond acceptors (Lipinski definition) is 6. The average Bonchev–Trinajstić information content (AvgIpc) is 3.44. The number of hydrogen-bond donors (Lipinski definition) is 1. The fraction of sp³-hybridized carbons (Fsp3) is 0.379. The second-order valence-corrected chi connectivity index (χ2v) is 9.73. The Kier molecular flexibility index (Phi) is 10.5. The molecule has 0 bridgehead atoms. The Bertz CT molecular complexity index is 1120. The lowest BCUT2D eigenvalue weighted by Crippen LogP contribution is -2.46. The number of benzene rings is 2. The number of carbonyl (C=O) groups is 1. The van der Waals surface area contributed by atoms with E-state index in [1.165, 1.54) is 28.7 Å². The van der Waals surface area contributed by atoms with E-state index < -0.39 is 5.97 Å². The van der Waals surface area contributed by atoms with E-state index in [1.807, 2.05) is 6.20 Å². The van der Waals surface area contributed by atoms with E-state index in [-0.39, 0.29) is 0 Å². The molecule has 0 unspecified atom stereocenters. The third kappa shape index (κ3) is 7.42. The lowest BCUT2D eigenvalue weighted by Gasteiger charge is -2.35. The highest BCUT2D eigenvalue weighted by molar-refractivity contribution is 7.13. The second kappa shape index (κ2) is 13.8. The van der Waals surface area contributed by atoms with Gasteiger partial charge in [0.1, 0.15) is 5.75 Å². The summed E-state index contributed by atoms with van der Waals surface area (Å²) >= 11 is 1.73. The van der Waals surface area contributed by atoms with Crippen LogP contribution < -0.4 is 9.64 Å². The number of carboxylic acids is 1. The second-order valence-electron chi connectivity index (χ2n) is 8.85. The molecule has 1 aliphatic rings. The number of carboxylic acid groups (broad SMARTS) is 1. The van der Waals surface area contributed by atoms with Crippen molar-refractivity contribution in [2.24, 2.45) is 0 Å². The zero-order valence-corrected chi connectivity index (χ0v) is 22.6. The number of aryl methyl sites for hydroxylation is 1. The number of ether oxygens (including phenoxy) is 1. The number of allylic oxidation sites excluding steroid dienone is 1. The molecule has 2 aromatic carbocycles. The van der Waals surface area contributed by atoms with Crippen molar-refractivity contribution in [3.8, 4) is 5.75 Å². The van der Waals surface area contributed by atoms with Gasteiger partial charge in [-0.2, -0.15) is 0 Å². The van der Waals surface area contributed by atoms with Crippen LogP contribution in [0.3, 0.4) is 0 Å². The maximum absolute atomic E-state index is 10.2. The van der Waals surface area contributed by atoms with E-state index in [9.17, 15) is 4.79 Å². The van der Waals surface area contributed by atoms with E-state index in [0.29, 0.717) is 5.56 Å². The number of aromatic nitrogens is 1. The predicted molar refractivity (Wildman–Crippen MR) is 149 cm³/mol. The summed E-state index contributed by atoms with van der Waals surface area (Å²) in [5, 5.41) is 11.6. The molecule has 1 saturated heterocycles. The minimum atomic E-state index is -0.879. The van der Waals surface area contributed by atoms with Gasteiger partial charge in [0.15, 0.2) is 5.13 Å². The molecule has 3 aromatic rings. The van der Waals surface area contributed by atoms with E-state index in [0.717, 1.165) is 50.0 Å². The number of rotatable bonds is 8. The minimum absolute atomic E-state index is 0.331. The van der Waals surface area contributed by atoms with Gasteiger partial charge in [0.05, 0.1) is 12.7 Å². The summed E-state index contributed by atoms with van der Waals surface area (Å²) in [5.74, 6) is 0.132. The van der Waals surface area contributed by atoms with Crippen molar-refractivity contribution in [3.05, 3.63) is 81.9 Å². The SMILES string of the molecule is CCC/C=C\c1c(C)c(C)cc(OC)c1CN1CCN(c2nccs2)CC1.O=C(O)c1ccccc1. The Morgan fingerprint density at radius 1 is 1.17 bits per heavy atom.